The van der Waals surface area contributed by atoms with Crippen molar-refractivity contribution < 1.29 is 9.18 Å². The van der Waals surface area contributed by atoms with Gasteiger partial charge in [-0.1, -0.05) is 6.07 Å². The van der Waals surface area contributed by atoms with Gasteiger partial charge in [-0.15, -0.1) is 0 Å². The van der Waals surface area contributed by atoms with E-state index in [1.807, 2.05) is 19.1 Å². The molecular weight excluding hydrogens is 357 g/mol. The number of nitrogens with zero attached hydrogens (tertiary/aromatic N) is 3. The number of amides is 1. The molecular formula is C21H18FN5O. The van der Waals surface area contributed by atoms with Crippen molar-refractivity contribution >= 4 is 17.1 Å². The van der Waals surface area contributed by atoms with Crippen molar-refractivity contribution in [2.24, 2.45) is 0 Å². The minimum Gasteiger partial charge on any atom is -0.352 e. The van der Waals surface area contributed by atoms with E-state index in [0.29, 0.717) is 35.5 Å². The van der Waals surface area contributed by atoms with Gasteiger partial charge in [0.25, 0.3) is 5.91 Å². The van der Waals surface area contributed by atoms with E-state index in [-0.39, 0.29) is 11.7 Å². The Morgan fingerprint density at radius 1 is 1.11 bits per heavy atom. The molecule has 0 bridgehead atoms. The maximum atomic E-state index is 13.1. The zero-order chi connectivity index (χ0) is 19.5. The first-order chi connectivity index (χ1) is 13.6. The number of pyridine rings is 2. The molecule has 2 N–H and O–H groups in total. The summed E-state index contributed by atoms with van der Waals surface area (Å²) >= 11 is 0. The maximum Gasteiger partial charge on any atom is 0.253 e. The van der Waals surface area contributed by atoms with Crippen molar-refractivity contribution in [1.29, 1.82) is 0 Å². The van der Waals surface area contributed by atoms with Crippen LogP contribution in [-0.4, -0.2) is 32.4 Å². The van der Waals surface area contributed by atoms with Gasteiger partial charge in [-0.2, -0.15) is 0 Å². The highest BCUT2D eigenvalue weighted by Crippen LogP contribution is 2.22. The molecule has 28 heavy (non-hydrogen) atoms. The highest BCUT2D eigenvalue weighted by atomic mass is 19.1. The summed E-state index contributed by atoms with van der Waals surface area (Å²) < 4.78 is 13.1. The second kappa shape index (κ2) is 7.56. The van der Waals surface area contributed by atoms with Crippen LogP contribution in [0.1, 0.15) is 21.6 Å². The SMILES string of the molecule is Cc1ncccc1CCNC(=O)c1ccnc2[nH]c(-c3ccc(F)cc3)nc12. The first-order valence-corrected chi connectivity index (χ1v) is 8.91. The Morgan fingerprint density at radius 3 is 2.71 bits per heavy atom. The van der Waals surface area contributed by atoms with Crippen LogP contribution in [0.4, 0.5) is 4.39 Å². The Morgan fingerprint density at radius 2 is 1.93 bits per heavy atom. The molecule has 7 heteroatoms. The lowest BCUT2D eigenvalue weighted by atomic mass is 10.1. The summed E-state index contributed by atoms with van der Waals surface area (Å²) in [7, 11) is 0. The smallest absolute Gasteiger partial charge is 0.253 e. The van der Waals surface area contributed by atoms with Gasteiger partial charge in [0.2, 0.25) is 0 Å². The molecule has 4 aromatic rings. The molecule has 0 aliphatic heterocycles. The highest BCUT2D eigenvalue weighted by molar-refractivity contribution is 6.04. The van der Waals surface area contributed by atoms with E-state index < -0.39 is 0 Å². The number of fused-ring (bicyclic) bond motifs is 1. The lowest BCUT2D eigenvalue weighted by Crippen LogP contribution is -2.26. The minimum atomic E-state index is -0.318. The molecule has 6 nitrogen and oxygen atoms in total. The van der Waals surface area contributed by atoms with Gasteiger partial charge in [-0.3, -0.25) is 9.78 Å². The average Bonchev–Trinajstić information content (AvgIpc) is 3.14. The van der Waals surface area contributed by atoms with Crippen molar-refractivity contribution in [3.05, 3.63) is 77.5 Å². The standard InChI is InChI=1S/C21H18FN5O/c1-13-14(3-2-10-23-13)8-11-25-21(28)17-9-12-24-20-18(17)26-19(27-20)15-4-6-16(22)7-5-15/h2-7,9-10,12H,8,11H2,1H3,(H,25,28)(H,24,26,27). The topological polar surface area (TPSA) is 83.6 Å². The van der Waals surface area contributed by atoms with Crippen LogP contribution in [0.5, 0.6) is 0 Å². The Balaban J connectivity index is 1.54. The Kier molecular flexibility index (Phi) is 4.80. The van der Waals surface area contributed by atoms with Crippen LogP contribution >= 0.6 is 0 Å². The first kappa shape index (κ1) is 17.8. The Bertz CT molecular complexity index is 1140. The monoisotopic (exact) mass is 375 g/mol. The summed E-state index contributed by atoms with van der Waals surface area (Å²) in [5, 5.41) is 2.93. The third kappa shape index (κ3) is 3.59. The predicted molar refractivity (Wildman–Crippen MR) is 104 cm³/mol. The zero-order valence-corrected chi connectivity index (χ0v) is 15.2. The van der Waals surface area contributed by atoms with Gasteiger partial charge in [0, 0.05) is 30.2 Å². The lowest BCUT2D eigenvalue weighted by Gasteiger charge is -2.07. The molecule has 0 saturated carbocycles. The van der Waals surface area contributed by atoms with Gasteiger partial charge in [0.05, 0.1) is 5.56 Å². The highest BCUT2D eigenvalue weighted by Gasteiger charge is 2.15. The van der Waals surface area contributed by atoms with Gasteiger partial charge < -0.3 is 10.3 Å². The molecule has 0 saturated heterocycles. The second-order valence-electron chi connectivity index (χ2n) is 6.40. The molecule has 0 unspecified atom stereocenters. The van der Waals surface area contributed by atoms with E-state index in [9.17, 15) is 9.18 Å². The Hall–Kier alpha value is -3.61. The number of carbonyl (C=O) groups excluding carboxylic acids is 1. The number of aromatic nitrogens is 4. The fraction of sp³-hybridized carbons (Fsp3) is 0.143. The van der Waals surface area contributed by atoms with Gasteiger partial charge >= 0.3 is 0 Å². The van der Waals surface area contributed by atoms with Crippen molar-refractivity contribution in [1.82, 2.24) is 25.3 Å². The van der Waals surface area contributed by atoms with Gasteiger partial charge in [0.1, 0.15) is 17.2 Å². The zero-order valence-electron chi connectivity index (χ0n) is 15.2. The number of hydrogen-bond acceptors (Lipinski definition) is 4. The summed E-state index contributed by atoms with van der Waals surface area (Å²) in [4.78, 5) is 28.8. The molecule has 1 amide bonds. The van der Waals surface area contributed by atoms with E-state index in [1.165, 1.54) is 12.1 Å². The minimum absolute atomic E-state index is 0.217. The van der Waals surface area contributed by atoms with Crippen LogP contribution in [0.25, 0.3) is 22.6 Å². The molecule has 4 rings (SSSR count). The van der Waals surface area contributed by atoms with Gasteiger partial charge in [-0.25, -0.2) is 14.4 Å². The molecule has 0 radical (unpaired) electrons. The van der Waals surface area contributed by atoms with Crippen molar-refractivity contribution in [2.75, 3.05) is 6.54 Å². The molecule has 0 aliphatic rings. The van der Waals surface area contributed by atoms with Crippen LogP contribution < -0.4 is 5.32 Å². The average molecular weight is 375 g/mol. The molecule has 0 atom stereocenters. The molecule has 0 spiro atoms. The van der Waals surface area contributed by atoms with Gasteiger partial charge in [-0.05, 0) is 55.3 Å². The number of H-pyrrole nitrogens is 1. The second-order valence-corrected chi connectivity index (χ2v) is 6.40. The first-order valence-electron chi connectivity index (χ1n) is 8.91. The fourth-order valence-corrected chi connectivity index (χ4v) is 3.03. The van der Waals surface area contributed by atoms with E-state index >= 15 is 0 Å². The van der Waals surface area contributed by atoms with Crippen LogP contribution in [-0.2, 0) is 6.42 Å². The van der Waals surface area contributed by atoms with E-state index in [4.69, 9.17) is 0 Å². The normalized spacial score (nSPS) is 10.9. The summed E-state index contributed by atoms with van der Waals surface area (Å²) in [5.41, 5.74) is 4.21. The lowest BCUT2D eigenvalue weighted by molar-refractivity contribution is 0.0955. The number of nitrogens with one attached hydrogen (secondary N) is 2. The number of aryl methyl sites for hydroxylation is 1. The van der Waals surface area contributed by atoms with Crippen LogP contribution in [0, 0.1) is 12.7 Å². The summed E-state index contributed by atoms with van der Waals surface area (Å²) in [6, 6.07) is 11.5. The molecule has 1 aromatic carbocycles. The predicted octanol–water partition coefficient (Wildman–Crippen LogP) is 3.44. The number of carbonyl (C=O) groups is 1. The number of rotatable bonds is 5. The number of hydrogen-bond donors (Lipinski definition) is 2. The summed E-state index contributed by atoms with van der Waals surface area (Å²) in [6.45, 7) is 2.44. The third-order valence-corrected chi connectivity index (χ3v) is 4.54. The summed E-state index contributed by atoms with van der Waals surface area (Å²) in [6.07, 6.45) is 4.01. The maximum absolute atomic E-state index is 13.1. The molecule has 3 aromatic heterocycles. The van der Waals surface area contributed by atoms with E-state index in [2.05, 4.69) is 25.3 Å². The van der Waals surface area contributed by atoms with E-state index in [1.54, 1.807) is 30.6 Å². The number of imidazole rings is 1. The third-order valence-electron chi connectivity index (χ3n) is 4.54. The van der Waals surface area contributed by atoms with Crippen LogP contribution in [0.3, 0.4) is 0 Å². The Labute approximate surface area is 160 Å². The molecule has 3 heterocycles. The largest absolute Gasteiger partial charge is 0.352 e. The van der Waals surface area contributed by atoms with Crippen molar-refractivity contribution in [3.8, 4) is 11.4 Å². The molecule has 140 valence electrons. The van der Waals surface area contributed by atoms with Gasteiger partial charge in [0.15, 0.2) is 5.65 Å². The molecule has 0 fully saturated rings. The number of benzene rings is 1. The van der Waals surface area contributed by atoms with Crippen LogP contribution in [0.15, 0.2) is 54.9 Å². The van der Waals surface area contributed by atoms with Crippen molar-refractivity contribution in [3.63, 3.8) is 0 Å². The summed E-state index contributed by atoms with van der Waals surface area (Å²) in [5.74, 6) is 0.00161. The number of halogens is 1. The molecule has 0 aliphatic carbocycles. The van der Waals surface area contributed by atoms with Crippen LogP contribution in [0.2, 0.25) is 0 Å². The van der Waals surface area contributed by atoms with Crippen molar-refractivity contribution in [2.45, 2.75) is 13.3 Å². The quantitative estimate of drug-likeness (QED) is 0.560. The fourth-order valence-electron chi connectivity index (χ4n) is 3.03. The number of aromatic amines is 1. The van der Waals surface area contributed by atoms with E-state index in [0.717, 1.165) is 16.8 Å².